The molecule has 0 fully saturated rings. The van der Waals surface area contributed by atoms with Crippen LogP contribution in [0.4, 0.5) is 4.79 Å². The molecular formula is C25H30N2O5. The molecule has 2 aromatic carbocycles. The second-order valence-corrected chi connectivity index (χ2v) is 8.60. The number of amides is 2. The van der Waals surface area contributed by atoms with E-state index in [1.807, 2.05) is 50.2 Å². The SMILES string of the molecule is CC(C)CC(CNC(=O)OCC1c2ccccc2-c2ccccc21)C(=O)N[C@@H](C)C(=O)O. The number of aliphatic carboxylic acids is 1. The van der Waals surface area contributed by atoms with Gasteiger partial charge < -0.3 is 20.5 Å². The van der Waals surface area contributed by atoms with Crippen molar-refractivity contribution in [2.45, 2.75) is 39.2 Å². The maximum Gasteiger partial charge on any atom is 0.407 e. The molecule has 0 bridgehead atoms. The van der Waals surface area contributed by atoms with Gasteiger partial charge in [-0.05, 0) is 41.5 Å². The van der Waals surface area contributed by atoms with E-state index in [-0.39, 0.29) is 25.0 Å². The largest absolute Gasteiger partial charge is 0.480 e. The number of fused-ring (bicyclic) bond motifs is 3. The highest BCUT2D eigenvalue weighted by Gasteiger charge is 2.29. The molecule has 3 N–H and O–H groups in total. The fourth-order valence-electron chi connectivity index (χ4n) is 4.10. The first-order chi connectivity index (χ1) is 15.3. The van der Waals surface area contributed by atoms with Gasteiger partial charge in [-0.1, -0.05) is 62.4 Å². The van der Waals surface area contributed by atoms with Crippen LogP contribution in [0.15, 0.2) is 48.5 Å². The van der Waals surface area contributed by atoms with Crippen molar-refractivity contribution >= 4 is 18.0 Å². The first-order valence-electron chi connectivity index (χ1n) is 10.9. The van der Waals surface area contributed by atoms with E-state index in [1.54, 1.807) is 0 Å². The molecule has 0 aliphatic heterocycles. The Balaban J connectivity index is 1.59. The van der Waals surface area contributed by atoms with Crippen molar-refractivity contribution in [3.05, 3.63) is 59.7 Å². The van der Waals surface area contributed by atoms with Crippen molar-refractivity contribution < 1.29 is 24.2 Å². The van der Waals surface area contributed by atoms with Crippen LogP contribution in [0.25, 0.3) is 11.1 Å². The molecule has 0 aromatic heterocycles. The van der Waals surface area contributed by atoms with Gasteiger partial charge in [0.25, 0.3) is 0 Å². The van der Waals surface area contributed by atoms with Crippen molar-refractivity contribution in [3.8, 4) is 11.1 Å². The van der Waals surface area contributed by atoms with Crippen molar-refractivity contribution in [1.82, 2.24) is 10.6 Å². The summed E-state index contributed by atoms with van der Waals surface area (Å²) >= 11 is 0. The number of alkyl carbamates (subject to hydrolysis) is 1. The molecule has 170 valence electrons. The van der Waals surface area contributed by atoms with Crippen LogP contribution in [0.2, 0.25) is 0 Å². The molecule has 0 spiro atoms. The van der Waals surface area contributed by atoms with E-state index in [9.17, 15) is 14.4 Å². The molecule has 0 radical (unpaired) electrons. The number of nitrogens with one attached hydrogen (secondary N) is 2. The van der Waals surface area contributed by atoms with E-state index in [4.69, 9.17) is 9.84 Å². The highest BCUT2D eigenvalue weighted by Crippen LogP contribution is 2.44. The molecule has 2 amide bonds. The Labute approximate surface area is 188 Å². The molecule has 7 heteroatoms. The van der Waals surface area contributed by atoms with E-state index in [0.717, 1.165) is 22.3 Å². The molecule has 1 aliphatic rings. The summed E-state index contributed by atoms with van der Waals surface area (Å²) < 4.78 is 5.52. The van der Waals surface area contributed by atoms with Gasteiger partial charge in [0.1, 0.15) is 12.6 Å². The highest BCUT2D eigenvalue weighted by molar-refractivity contribution is 5.85. The molecule has 32 heavy (non-hydrogen) atoms. The number of benzene rings is 2. The van der Waals surface area contributed by atoms with Crippen LogP contribution in [0, 0.1) is 11.8 Å². The Morgan fingerprint density at radius 3 is 2.06 bits per heavy atom. The summed E-state index contributed by atoms with van der Waals surface area (Å²) in [4.78, 5) is 35.9. The maximum atomic E-state index is 12.5. The first kappa shape index (κ1) is 23.3. The molecule has 3 rings (SSSR count). The third kappa shape index (κ3) is 5.46. The van der Waals surface area contributed by atoms with Crippen LogP contribution in [0.3, 0.4) is 0 Å². The Bertz CT molecular complexity index is 942. The summed E-state index contributed by atoms with van der Waals surface area (Å²) in [6.45, 7) is 5.61. The zero-order valence-corrected chi connectivity index (χ0v) is 18.6. The average molecular weight is 439 g/mol. The number of ether oxygens (including phenoxy) is 1. The lowest BCUT2D eigenvalue weighted by molar-refractivity contribution is -0.142. The second kappa shape index (κ2) is 10.3. The molecule has 0 saturated carbocycles. The first-order valence-corrected chi connectivity index (χ1v) is 10.9. The molecule has 2 atom stereocenters. The minimum atomic E-state index is -1.11. The number of carboxylic acids is 1. The van der Waals surface area contributed by atoms with Gasteiger partial charge in [-0.25, -0.2) is 4.79 Å². The molecule has 0 saturated heterocycles. The van der Waals surface area contributed by atoms with Crippen molar-refractivity contribution in [3.63, 3.8) is 0 Å². The smallest absolute Gasteiger partial charge is 0.407 e. The summed E-state index contributed by atoms with van der Waals surface area (Å²) in [6.07, 6.45) is -0.0818. The van der Waals surface area contributed by atoms with Gasteiger partial charge in [-0.2, -0.15) is 0 Å². The van der Waals surface area contributed by atoms with Gasteiger partial charge in [0.15, 0.2) is 0 Å². The summed E-state index contributed by atoms with van der Waals surface area (Å²) in [5.41, 5.74) is 4.55. The van der Waals surface area contributed by atoms with Crippen LogP contribution in [-0.2, 0) is 14.3 Å². The number of carbonyl (C=O) groups excluding carboxylic acids is 2. The lowest BCUT2D eigenvalue weighted by Gasteiger charge is -2.21. The fourth-order valence-corrected chi connectivity index (χ4v) is 4.10. The van der Waals surface area contributed by atoms with Gasteiger partial charge in [0, 0.05) is 12.5 Å². The molecular weight excluding hydrogens is 408 g/mol. The van der Waals surface area contributed by atoms with Crippen molar-refractivity contribution in [2.75, 3.05) is 13.2 Å². The minimum Gasteiger partial charge on any atom is -0.480 e. The normalized spacial score (nSPS) is 14.2. The van der Waals surface area contributed by atoms with Gasteiger partial charge >= 0.3 is 12.1 Å². The predicted molar refractivity (Wildman–Crippen MR) is 121 cm³/mol. The Morgan fingerprint density at radius 2 is 1.53 bits per heavy atom. The lowest BCUT2D eigenvalue weighted by Crippen LogP contribution is -2.45. The second-order valence-electron chi connectivity index (χ2n) is 8.60. The van der Waals surface area contributed by atoms with E-state index in [2.05, 4.69) is 22.8 Å². The number of carboxylic acid groups (broad SMARTS) is 1. The van der Waals surface area contributed by atoms with E-state index < -0.39 is 29.9 Å². The quantitative estimate of drug-likeness (QED) is 0.553. The Kier molecular flexibility index (Phi) is 7.51. The van der Waals surface area contributed by atoms with Crippen molar-refractivity contribution in [2.24, 2.45) is 11.8 Å². The van der Waals surface area contributed by atoms with Crippen LogP contribution in [0.5, 0.6) is 0 Å². The molecule has 7 nitrogen and oxygen atoms in total. The third-order valence-corrected chi connectivity index (χ3v) is 5.69. The number of rotatable bonds is 9. The monoisotopic (exact) mass is 438 g/mol. The number of hydrogen-bond donors (Lipinski definition) is 3. The zero-order chi connectivity index (χ0) is 23.3. The number of hydrogen-bond acceptors (Lipinski definition) is 4. The van der Waals surface area contributed by atoms with Gasteiger partial charge in [-0.3, -0.25) is 9.59 Å². The van der Waals surface area contributed by atoms with Crippen LogP contribution in [0.1, 0.15) is 44.2 Å². The standard InChI is InChI=1S/C25H30N2O5/c1-15(2)12-17(23(28)27-16(3)24(29)30)13-26-25(31)32-14-22-20-10-6-4-8-18(20)19-9-5-7-11-21(19)22/h4-11,15-17,22H,12-14H2,1-3H3,(H,26,31)(H,27,28)(H,29,30)/t16-,17?/m0/s1. The van der Waals surface area contributed by atoms with E-state index in [1.165, 1.54) is 6.92 Å². The molecule has 1 aliphatic carbocycles. The summed E-state index contributed by atoms with van der Waals surface area (Å²) in [7, 11) is 0. The number of carbonyl (C=O) groups is 3. The van der Waals surface area contributed by atoms with E-state index >= 15 is 0 Å². The molecule has 2 aromatic rings. The lowest BCUT2D eigenvalue weighted by atomic mass is 9.96. The van der Waals surface area contributed by atoms with E-state index in [0.29, 0.717) is 6.42 Å². The van der Waals surface area contributed by atoms with Crippen LogP contribution >= 0.6 is 0 Å². The maximum absolute atomic E-state index is 12.5. The Morgan fingerprint density at radius 1 is 0.969 bits per heavy atom. The zero-order valence-electron chi connectivity index (χ0n) is 18.6. The predicted octanol–water partition coefficient (Wildman–Crippen LogP) is 3.78. The molecule has 0 heterocycles. The summed E-state index contributed by atoms with van der Waals surface area (Å²) in [5, 5.41) is 14.2. The van der Waals surface area contributed by atoms with Gasteiger partial charge in [-0.15, -0.1) is 0 Å². The van der Waals surface area contributed by atoms with Crippen LogP contribution < -0.4 is 10.6 Å². The minimum absolute atomic E-state index is 0.0423. The summed E-state index contributed by atoms with van der Waals surface area (Å²) in [5.74, 6) is -1.88. The van der Waals surface area contributed by atoms with Crippen molar-refractivity contribution in [1.29, 1.82) is 0 Å². The highest BCUT2D eigenvalue weighted by atomic mass is 16.5. The fraction of sp³-hybridized carbons (Fsp3) is 0.400. The summed E-state index contributed by atoms with van der Waals surface area (Å²) in [6, 6.07) is 15.2. The van der Waals surface area contributed by atoms with Gasteiger partial charge in [0.05, 0.1) is 5.92 Å². The Hall–Kier alpha value is -3.35. The average Bonchev–Trinajstić information content (AvgIpc) is 3.08. The van der Waals surface area contributed by atoms with Gasteiger partial charge in [0.2, 0.25) is 5.91 Å². The third-order valence-electron chi connectivity index (χ3n) is 5.69. The molecule has 1 unspecified atom stereocenters. The topological polar surface area (TPSA) is 105 Å². The van der Waals surface area contributed by atoms with Crippen LogP contribution in [-0.4, -0.2) is 42.3 Å².